The Labute approximate surface area is 438 Å². The van der Waals surface area contributed by atoms with E-state index in [1.54, 1.807) is 0 Å². The Kier molecular flexibility index (Phi) is 9.30. The number of nitrogens with zero attached hydrogens (tertiary/aromatic N) is 4. The summed E-state index contributed by atoms with van der Waals surface area (Å²) in [5, 5.41) is 9.76. The van der Waals surface area contributed by atoms with Gasteiger partial charge in [-0.2, -0.15) is 0 Å². The molecule has 354 valence electrons. The van der Waals surface area contributed by atoms with Crippen molar-refractivity contribution in [2.45, 2.75) is 0 Å². The number of rotatable bonds is 7. The Balaban J connectivity index is 1.00. The van der Waals surface area contributed by atoms with Crippen LogP contribution in [0.25, 0.3) is 143 Å². The van der Waals surface area contributed by atoms with Crippen molar-refractivity contribution < 1.29 is 0 Å². The van der Waals surface area contributed by atoms with Crippen molar-refractivity contribution in [3.8, 4) is 56.1 Å². The fraction of sp³-hybridized carbons (Fsp3) is 0. The highest BCUT2D eigenvalue weighted by Crippen LogP contribution is 2.45. The zero-order chi connectivity index (χ0) is 49.8. The molecule has 4 nitrogen and oxygen atoms in total. The maximum absolute atomic E-state index is 2.54. The van der Waals surface area contributed by atoms with Crippen molar-refractivity contribution in [3.05, 3.63) is 279 Å². The third-order valence-corrected chi connectivity index (χ3v) is 15.9. The minimum Gasteiger partial charge on any atom is -0.309 e. The lowest BCUT2D eigenvalue weighted by Crippen LogP contribution is -2.01. The molecule has 0 bridgehead atoms. The van der Waals surface area contributed by atoms with E-state index < -0.39 is 0 Å². The molecule has 16 rings (SSSR count). The standard InChI is InChI=1S/C72H46N4/c1-4-18-47(19-5-1)50-34-39-68-60(42-50)62-46-55(38-41-69(62)73(68)53-22-8-3-9-23-53)75-70-40-35-51(48-20-6-2-7-21-48)43-61(70)63-44-52(45-71(72(63)75)76-66-30-16-12-26-58(66)59-27-13-17-31-67(59)76)49-32-36-54(37-33-49)74-64-28-14-10-24-56(64)57-25-11-15-29-65(57)74/h1-46H. The van der Waals surface area contributed by atoms with Crippen molar-refractivity contribution in [2.75, 3.05) is 0 Å². The Bertz CT molecular complexity index is 4850. The molecule has 4 heterocycles. The van der Waals surface area contributed by atoms with E-state index >= 15 is 0 Å². The van der Waals surface area contributed by atoms with Gasteiger partial charge < -0.3 is 18.3 Å². The summed E-state index contributed by atoms with van der Waals surface area (Å²) in [6, 6.07) is 103. The molecule has 0 fully saturated rings. The first-order valence-corrected chi connectivity index (χ1v) is 26.2. The average molecular weight is 967 g/mol. The molecular weight excluding hydrogens is 921 g/mol. The van der Waals surface area contributed by atoms with Gasteiger partial charge in [0.15, 0.2) is 0 Å². The van der Waals surface area contributed by atoms with Crippen molar-refractivity contribution >= 4 is 87.2 Å². The second-order valence-electron chi connectivity index (χ2n) is 20.1. The van der Waals surface area contributed by atoms with Gasteiger partial charge in [-0.3, -0.25) is 0 Å². The normalized spacial score (nSPS) is 11.9. The van der Waals surface area contributed by atoms with Gasteiger partial charge in [-0.25, -0.2) is 0 Å². The van der Waals surface area contributed by atoms with Gasteiger partial charge in [0.05, 0.1) is 49.8 Å². The van der Waals surface area contributed by atoms with Gasteiger partial charge in [0.1, 0.15) is 0 Å². The molecule has 16 aromatic rings. The molecule has 76 heavy (non-hydrogen) atoms. The molecule has 0 aliphatic rings. The van der Waals surface area contributed by atoms with E-state index in [4.69, 9.17) is 0 Å². The number of hydrogen-bond donors (Lipinski definition) is 0. The van der Waals surface area contributed by atoms with Crippen LogP contribution >= 0.6 is 0 Å². The van der Waals surface area contributed by atoms with Crippen LogP contribution < -0.4 is 0 Å². The molecule has 0 amide bonds. The molecule has 4 heteroatoms. The summed E-state index contributed by atoms with van der Waals surface area (Å²) in [5.74, 6) is 0. The number of benzene rings is 12. The Morgan fingerprint density at radius 1 is 0.171 bits per heavy atom. The number of fused-ring (bicyclic) bond motifs is 12. The average Bonchev–Trinajstić information content (AvgIpc) is 4.22. The smallest absolute Gasteiger partial charge is 0.0782 e. The molecule has 4 aromatic heterocycles. The lowest BCUT2D eigenvalue weighted by atomic mass is 9.99. The summed E-state index contributed by atoms with van der Waals surface area (Å²) >= 11 is 0. The van der Waals surface area contributed by atoms with Crippen LogP contribution in [0.3, 0.4) is 0 Å². The lowest BCUT2D eigenvalue weighted by Gasteiger charge is -2.17. The van der Waals surface area contributed by atoms with Gasteiger partial charge in [0.2, 0.25) is 0 Å². The zero-order valence-corrected chi connectivity index (χ0v) is 41.3. The van der Waals surface area contributed by atoms with E-state index in [0.717, 1.165) is 50.4 Å². The van der Waals surface area contributed by atoms with Crippen LogP contribution in [0.1, 0.15) is 0 Å². The van der Waals surface area contributed by atoms with Crippen molar-refractivity contribution in [1.82, 2.24) is 18.3 Å². The molecule has 0 N–H and O–H groups in total. The second kappa shape index (κ2) is 16.7. The fourth-order valence-electron chi connectivity index (χ4n) is 12.5. The van der Waals surface area contributed by atoms with Gasteiger partial charge in [-0.15, -0.1) is 0 Å². The molecule has 0 saturated heterocycles. The molecule has 0 aliphatic carbocycles. The highest BCUT2D eigenvalue weighted by atomic mass is 15.1. The van der Waals surface area contributed by atoms with E-state index in [9.17, 15) is 0 Å². The van der Waals surface area contributed by atoms with E-state index in [0.29, 0.717) is 0 Å². The van der Waals surface area contributed by atoms with Crippen molar-refractivity contribution in [2.24, 2.45) is 0 Å². The zero-order valence-electron chi connectivity index (χ0n) is 41.3. The second-order valence-corrected chi connectivity index (χ2v) is 20.1. The molecular formula is C72H46N4. The molecule has 0 radical (unpaired) electrons. The van der Waals surface area contributed by atoms with Crippen LogP contribution in [0.15, 0.2) is 279 Å². The monoisotopic (exact) mass is 966 g/mol. The van der Waals surface area contributed by atoms with E-state index in [2.05, 4.69) is 297 Å². The summed E-state index contributed by atoms with van der Waals surface area (Å²) < 4.78 is 9.88. The Hall–Kier alpha value is -10.2. The van der Waals surface area contributed by atoms with E-state index in [1.807, 2.05) is 0 Å². The summed E-state index contributed by atoms with van der Waals surface area (Å²) in [6.45, 7) is 0. The first-order valence-electron chi connectivity index (χ1n) is 26.2. The van der Waals surface area contributed by atoms with Crippen LogP contribution in [-0.2, 0) is 0 Å². The lowest BCUT2D eigenvalue weighted by molar-refractivity contribution is 1.13. The predicted molar refractivity (Wildman–Crippen MR) is 320 cm³/mol. The van der Waals surface area contributed by atoms with Crippen LogP contribution in [0.4, 0.5) is 0 Å². The van der Waals surface area contributed by atoms with E-state index in [1.165, 1.54) is 92.9 Å². The maximum atomic E-state index is 2.54. The number of aromatic nitrogens is 4. The SMILES string of the molecule is c1ccc(-c2ccc3c(c2)c2cc(-n4c5ccc(-c6ccccc6)cc5c5cc(-c6ccc(-n7c8ccccc8c8ccccc87)cc6)cc(-n6c7ccccc7c7ccccc76)c54)ccc2n3-c2ccccc2)cc1. The minimum atomic E-state index is 1.10. The molecule has 0 aliphatic heterocycles. The molecule has 0 atom stereocenters. The van der Waals surface area contributed by atoms with Crippen LogP contribution in [-0.4, -0.2) is 18.3 Å². The van der Waals surface area contributed by atoms with Gasteiger partial charge in [0, 0.05) is 60.2 Å². The maximum Gasteiger partial charge on any atom is 0.0782 e. The minimum absolute atomic E-state index is 1.10. The predicted octanol–water partition coefficient (Wildman–Crippen LogP) is 19.1. The highest BCUT2D eigenvalue weighted by Gasteiger charge is 2.24. The van der Waals surface area contributed by atoms with Gasteiger partial charge in [0.25, 0.3) is 0 Å². The fourth-order valence-corrected chi connectivity index (χ4v) is 12.5. The van der Waals surface area contributed by atoms with Crippen molar-refractivity contribution in [1.29, 1.82) is 0 Å². The quantitative estimate of drug-likeness (QED) is 0.152. The summed E-state index contributed by atoms with van der Waals surface area (Å²) in [7, 11) is 0. The van der Waals surface area contributed by atoms with Gasteiger partial charge in [-0.1, -0.05) is 176 Å². The molecule has 0 unspecified atom stereocenters. The third kappa shape index (κ3) is 6.38. The number of para-hydroxylation sites is 5. The first kappa shape index (κ1) is 42.4. The van der Waals surface area contributed by atoms with Crippen LogP contribution in [0, 0.1) is 0 Å². The molecule has 12 aromatic carbocycles. The van der Waals surface area contributed by atoms with Crippen LogP contribution in [0.5, 0.6) is 0 Å². The molecule has 0 spiro atoms. The summed E-state index contributed by atoms with van der Waals surface area (Å²) in [6.07, 6.45) is 0. The van der Waals surface area contributed by atoms with Crippen molar-refractivity contribution in [3.63, 3.8) is 0 Å². The number of hydrogen-bond acceptors (Lipinski definition) is 0. The first-order chi connectivity index (χ1) is 37.7. The van der Waals surface area contributed by atoms with Gasteiger partial charge in [-0.05, 0) is 137 Å². The summed E-state index contributed by atoms with van der Waals surface area (Å²) in [4.78, 5) is 0. The molecule has 0 saturated carbocycles. The largest absolute Gasteiger partial charge is 0.309 e. The Morgan fingerprint density at radius 2 is 0.513 bits per heavy atom. The third-order valence-electron chi connectivity index (χ3n) is 15.9. The topological polar surface area (TPSA) is 19.7 Å². The van der Waals surface area contributed by atoms with E-state index in [-0.39, 0.29) is 0 Å². The Morgan fingerprint density at radius 3 is 1.04 bits per heavy atom. The highest BCUT2D eigenvalue weighted by molar-refractivity contribution is 6.18. The van der Waals surface area contributed by atoms with Gasteiger partial charge >= 0.3 is 0 Å². The van der Waals surface area contributed by atoms with Crippen LogP contribution in [0.2, 0.25) is 0 Å². The summed E-state index contributed by atoms with van der Waals surface area (Å²) in [5.41, 5.74) is 20.9.